The number of halogens is 1. The first kappa shape index (κ1) is 18.0. The van der Waals surface area contributed by atoms with E-state index in [1.54, 1.807) is 6.20 Å². The lowest BCUT2D eigenvalue weighted by Gasteiger charge is -2.28. The number of rotatable bonds is 3. The fraction of sp³-hybridized carbons (Fsp3) is 0.474. The number of hydrogen-bond donors (Lipinski definition) is 1. The van der Waals surface area contributed by atoms with Gasteiger partial charge in [0.25, 0.3) is 0 Å². The van der Waals surface area contributed by atoms with Crippen LogP contribution in [0.3, 0.4) is 0 Å². The second-order valence-corrected chi connectivity index (χ2v) is 8.29. The second-order valence-electron chi connectivity index (χ2n) is 7.38. The van der Waals surface area contributed by atoms with Gasteiger partial charge in [0.1, 0.15) is 11.4 Å². The Kier molecular flexibility index (Phi) is 5.18. The smallest absolute Gasteiger partial charge is 0.410 e. The normalized spacial score (nSPS) is 17.8. The third-order valence-electron chi connectivity index (χ3n) is 4.24. The number of hydrogen-bond acceptors (Lipinski definition) is 4. The number of fused-ring (bicyclic) bond motifs is 1. The molecule has 1 saturated heterocycles. The van der Waals surface area contributed by atoms with Crippen LogP contribution >= 0.6 is 15.9 Å². The highest BCUT2D eigenvalue weighted by molar-refractivity contribution is 9.10. The van der Waals surface area contributed by atoms with Crippen LogP contribution in [0.1, 0.15) is 33.6 Å². The highest BCUT2D eigenvalue weighted by Crippen LogP contribution is 2.26. The maximum atomic E-state index is 12.4. The van der Waals surface area contributed by atoms with Gasteiger partial charge in [-0.15, -0.1) is 0 Å². The molecular weight excluding hydrogens is 382 g/mol. The molecule has 0 spiro atoms. The highest BCUT2D eigenvalue weighted by atomic mass is 79.9. The summed E-state index contributed by atoms with van der Waals surface area (Å²) in [5, 5.41) is 5.62. The molecule has 1 aliphatic rings. The van der Waals surface area contributed by atoms with Gasteiger partial charge in [-0.25, -0.2) is 9.78 Å². The van der Waals surface area contributed by atoms with Crippen molar-refractivity contribution in [2.45, 2.75) is 45.3 Å². The number of aromatic nitrogens is 1. The van der Waals surface area contributed by atoms with Gasteiger partial charge in [-0.05, 0) is 63.3 Å². The number of nitrogens with zero attached hydrogens (tertiary/aromatic N) is 2. The number of benzene rings is 1. The molecule has 1 atom stereocenters. The van der Waals surface area contributed by atoms with Crippen LogP contribution in [0.15, 0.2) is 34.9 Å². The predicted octanol–water partition coefficient (Wildman–Crippen LogP) is 4.81. The monoisotopic (exact) mass is 405 g/mol. The van der Waals surface area contributed by atoms with Crippen LogP contribution in [0, 0.1) is 0 Å². The lowest BCUT2D eigenvalue weighted by atomic mass is 10.1. The number of ether oxygens (including phenoxy) is 1. The molecule has 0 aliphatic carbocycles. The van der Waals surface area contributed by atoms with E-state index in [0.29, 0.717) is 6.54 Å². The van der Waals surface area contributed by atoms with E-state index in [-0.39, 0.29) is 12.1 Å². The number of carbonyl (C=O) groups excluding carboxylic acids is 1. The van der Waals surface area contributed by atoms with E-state index in [2.05, 4.69) is 38.4 Å². The summed E-state index contributed by atoms with van der Waals surface area (Å²) in [6, 6.07) is 8.26. The van der Waals surface area contributed by atoms with Crippen molar-refractivity contribution in [2.75, 3.05) is 18.4 Å². The molecule has 25 heavy (non-hydrogen) atoms. The van der Waals surface area contributed by atoms with Crippen molar-refractivity contribution in [3.8, 4) is 0 Å². The lowest BCUT2D eigenvalue weighted by Crippen LogP contribution is -2.42. The third-order valence-corrected chi connectivity index (χ3v) is 4.73. The summed E-state index contributed by atoms with van der Waals surface area (Å²) < 4.78 is 6.57. The first-order valence-corrected chi connectivity index (χ1v) is 9.40. The topological polar surface area (TPSA) is 54.5 Å². The van der Waals surface area contributed by atoms with Crippen molar-refractivity contribution in [1.82, 2.24) is 9.88 Å². The molecule has 1 N–H and O–H groups in total. The minimum Gasteiger partial charge on any atom is -0.444 e. The van der Waals surface area contributed by atoms with Crippen molar-refractivity contribution < 1.29 is 9.53 Å². The van der Waals surface area contributed by atoms with Crippen LogP contribution in [0.25, 0.3) is 10.8 Å². The number of amides is 1. The van der Waals surface area contributed by atoms with Crippen LogP contribution in [-0.2, 0) is 4.74 Å². The van der Waals surface area contributed by atoms with Gasteiger partial charge in [0.05, 0.1) is 6.04 Å². The molecule has 2 heterocycles. The molecule has 5 nitrogen and oxygen atoms in total. The van der Waals surface area contributed by atoms with Gasteiger partial charge in [0.2, 0.25) is 0 Å². The van der Waals surface area contributed by atoms with E-state index in [9.17, 15) is 4.79 Å². The standard InChI is InChI=1S/C19H24BrN3O2/c1-19(2,3)25-18(24)23-10-4-5-15(23)12-22-17-16-7-6-14(20)11-13(16)8-9-21-17/h6-9,11,15H,4-5,10,12H2,1-3H3,(H,21,22). The van der Waals surface area contributed by atoms with Crippen molar-refractivity contribution >= 4 is 38.6 Å². The lowest BCUT2D eigenvalue weighted by molar-refractivity contribution is 0.0235. The first-order valence-electron chi connectivity index (χ1n) is 8.61. The zero-order valence-electron chi connectivity index (χ0n) is 14.9. The Morgan fingerprint density at radius 1 is 1.40 bits per heavy atom. The molecule has 0 saturated carbocycles. The van der Waals surface area contributed by atoms with E-state index in [1.165, 1.54) is 0 Å². The minimum atomic E-state index is -0.470. The van der Waals surface area contributed by atoms with Crippen molar-refractivity contribution in [2.24, 2.45) is 0 Å². The van der Waals surface area contributed by atoms with Crippen LogP contribution in [0.4, 0.5) is 10.6 Å². The van der Waals surface area contributed by atoms with Crippen molar-refractivity contribution in [1.29, 1.82) is 0 Å². The van der Waals surface area contributed by atoms with Gasteiger partial charge in [0, 0.05) is 29.1 Å². The number of anilines is 1. The van der Waals surface area contributed by atoms with Crippen molar-refractivity contribution in [3.05, 3.63) is 34.9 Å². The minimum absolute atomic E-state index is 0.127. The van der Waals surface area contributed by atoms with Crippen LogP contribution in [0.2, 0.25) is 0 Å². The number of likely N-dealkylation sites (tertiary alicyclic amines) is 1. The van der Waals surface area contributed by atoms with Gasteiger partial charge >= 0.3 is 6.09 Å². The molecule has 1 aromatic carbocycles. The average Bonchev–Trinajstić information content (AvgIpc) is 2.99. The third kappa shape index (κ3) is 4.42. The molecule has 1 unspecified atom stereocenters. The fourth-order valence-electron chi connectivity index (χ4n) is 3.11. The number of carbonyl (C=O) groups is 1. The summed E-state index contributed by atoms with van der Waals surface area (Å²) in [6.07, 6.45) is 3.55. The van der Waals surface area contributed by atoms with Crippen LogP contribution in [0.5, 0.6) is 0 Å². The zero-order chi connectivity index (χ0) is 18.0. The summed E-state index contributed by atoms with van der Waals surface area (Å²) in [4.78, 5) is 18.7. The molecule has 134 valence electrons. The van der Waals surface area contributed by atoms with Gasteiger partial charge in [-0.3, -0.25) is 0 Å². The van der Waals surface area contributed by atoms with E-state index >= 15 is 0 Å². The SMILES string of the molecule is CC(C)(C)OC(=O)N1CCCC1CNc1nccc2cc(Br)ccc12. The summed E-state index contributed by atoms with van der Waals surface area (Å²) >= 11 is 3.50. The predicted molar refractivity (Wildman–Crippen MR) is 104 cm³/mol. The summed E-state index contributed by atoms with van der Waals surface area (Å²) in [5.41, 5.74) is -0.470. The molecule has 0 bridgehead atoms. The Bertz CT molecular complexity index is 773. The summed E-state index contributed by atoms with van der Waals surface area (Å²) in [7, 11) is 0. The Hall–Kier alpha value is -1.82. The summed E-state index contributed by atoms with van der Waals surface area (Å²) in [6.45, 7) is 7.10. The molecule has 1 aliphatic heterocycles. The molecule has 1 amide bonds. The Morgan fingerprint density at radius 3 is 2.96 bits per heavy atom. The quantitative estimate of drug-likeness (QED) is 0.795. The Morgan fingerprint density at radius 2 is 2.20 bits per heavy atom. The van der Waals surface area contributed by atoms with E-state index in [0.717, 1.165) is 40.4 Å². The molecule has 3 rings (SSSR count). The number of nitrogens with one attached hydrogen (secondary N) is 1. The maximum Gasteiger partial charge on any atom is 0.410 e. The largest absolute Gasteiger partial charge is 0.444 e. The molecule has 1 fully saturated rings. The molecular formula is C19H24BrN3O2. The highest BCUT2D eigenvalue weighted by Gasteiger charge is 2.32. The van der Waals surface area contributed by atoms with Gasteiger partial charge in [-0.1, -0.05) is 15.9 Å². The second kappa shape index (κ2) is 7.20. The molecule has 0 radical (unpaired) electrons. The maximum absolute atomic E-state index is 12.4. The molecule has 1 aromatic heterocycles. The summed E-state index contributed by atoms with van der Waals surface area (Å²) in [5.74, 6) is 0.848. The van der Waals surface area contributed by atoms with E-state index in [4.69, 9.17) is 4.74 Å². The van der Waals surface area contributed by atoms with Gasteiger partial charge in [-0.2, -0.15) is 0 Å². The van der Waals surface area contributed by atoms with Crippen molar-refractivity contribution in [3.63, 3.8) is 0 Å². The van der Waals surface area contributed by atoms with Gasteiger partial charge in [0.15, 0.2) is 0 Å². The number of pyridine rings is 1. The Labute approximate surface area is 156 Å². The first-order chi connectivity index (χ1) is 11.8. The average molecular weight is 406 g/mol. The van der Waals surface area contributed by atoms with E-state index in [1.807, 2.05) is 37.8 Å². The van der Waals surface area contributed by atoms with Crippen LogP contribution in [-0.4, -0.2) is 40.7 Å². The fourth-order valence-corrected chi connectivity index (χ4v) is 3.49. The zero-order valence-corrected chi connectivity index (χ0v) is 16.5. The molecule has 6 heteroatoms. The van der Waals surface area contributed by atoms with E-state index < -0.39 is 5.60 Å². The Balaban J connectivity index is 1.70. The molecule has 2 aromatic rings. The van der Waals surface area contributed by atoms with Gasteiger partial charge < -0.3 is 15.0 Å². The van der Waals surface area contributed by atoms with Crippen LogP contribution < -0.4 is 5.32 Å².